The highest BCUT2D eigenvalue weighted by Crippen LogP contribution is 2.29. The Morgan fingerprint density at radius 3 is 2.84 bits per heavy atom. The number of nitrogens with zero attached hydrogens (tertiary/aromatic N) is 1. The molecule has 0 bridgehead atoms. The van der Waals surface area contributed by atoms with Crippen molar-refractivity contribution in [1.82, 2.24) is 10.2 Å². The van der Waals surface area contributed by atoms with Crippen molar-refractivity contribution in [3.8, 4) is 0 Å². The fraction of sp³-hybridized carbons (Fsp3) is 0.615. The van der Waals surface area contributed by atoms with Gasteiger partial charge in [-0.3, -0.25) is 0 Å². The summed E-state index contributed by atoms with van der Waals surface area (Å²) in [6.07, 6.45) is -0.227. The molecule has 106 valence electrons. The number of halogens is 1. The second-order valence-corrected chi connectivity index (χ2v) is 8.07. The van der Waals surface area contributed by atoms with E-state index in [2.05, 4.69) is 27.3 Å². The molecule has 19 heavy (non-hydrogen) atoms. The van der Waals surface area contributed by atoms with E-state index in [1.807, 2.05) is 26.8 Å². The molecule has 1 aromatic heterocycles. The molecule has 0 radical (unpaired) electrons. The second kappa shape index (κ2) is 5.81. The van der Waals surface area contributed by atoms with Crippen molar-refractivity contribution in [1.29, 1.82) is 0 Å². The van der Waals surface area contributed by atoms with Gasteiger partial charge in [-0.25, -0.2) is 4.79 Å². The first-order valence-electron chi connectivity index (χ1n) is 6.32. The first-order valence-corrected chi connectivity index (χ1v) is 7.92. The zero-order chi connectivity index (χ0) is 14.0. The standard InChI is InChI=1S/C13H19BrN2O2S/c1-13(2,3)18-12(17)16-7-6-15-9(8-16)10-4-5-11(14)19-10/h4-5,9,15H,6-8H2,1-3H3. The SMILES string of the molecule is CC(C)(C)OC(=O)N1CCNC(c2ccc(Br)s2)C1. The Morgan fingerprint density at radius 2 is 2.26 bits per heavy atom. The van der Waals surface area contributed by atoms with Gasteiger partial charge in [0.15, 0.2) is 0 Å². The number of hydrogen-bond acceptors (Lipinski definition) is 4. The maximum Gasteiger partial charge on any atom is 0.410 e. The van der Waals surface area contributed by atoms with Gasteiger partial charge in [0.1, 0.15) is 5.60 Å². The van der Waals surface area contributed by atoms with Crippen LogP contribution in [-0.4, -0.2) is 36.2 Å². The third-order valence-corrected chi connectivity index (χ3v) is 4.50. The van der Waals surface area contributed by atoms with Gasteiger partial charge in [0.05, 0.1) is 9.83 Å². The molecule has 1 aliphatic rings. The average Bonchev–Trinajstić information content (AvgIpc) is 2.74. The van der Waals surface area contributed by atoms with E-state index in [1.54, 1.807) is 16.2 Å². The van der Waals surface area contributed by atoms with Gasteiger partial charge in [-0.2, -0.15) is 0 Å². The molecule has 1 atom stereocenters. The van der Waals surface area contributed by atoms with Crippen LogP contribution in [0.3, 0.4) is 0 Å². The van der Waals surface area contributed by atoms with Gasteiger partial charge in [0.25, 0.3) is 0 Å². The Bertz CT molecular complexity index is 456. The van der Waals surface area contributed by atoms with Crippen molar-refractivity contribution in [2.45, 2.75) is 32.4 Å². The van der Waals surface area contributed by atoms with E-state index < -0.39 is 5.60 Å². The van der Waals surface area contributed by atoms with Gasteiger partial charge in [-0.15, -0.1) is 11.3 Å². The molecule has 1 aromatic rings. The molecule has 1 aliphatic heterocycles. The van der Waals surface area contributed by atoms with Crippen LogP contribution in [0.2, 0.25) is 0 Å². The minimum atomic E-state index is -0.441. The summed E-state index contributed by atoms with van der Waals surface area (Å²) >= 11 is 5.16. The third-order valence-electron chi connectivity index (χ3n) is 2.76. The Labute approximate surface area is 126 Å². The molecule has 2 heterocycles. The topological polar surface area (TPSA) is 41.6 Å². The van der Waals surface area contributed by atoms with Crippen LogP contribution < -0.4 is 5.32 Å². The van der Waals surface area contributed by atoms with Gasteiger partial charge in [0.2, 0.25) is 0 Å². The van der Waals surface area contributed by atoms with Gasteiger partial charge in [-0.05, 0) is 48.8 Å². The van der Waals surface area contributed by atoms with Gasteiger partial charge < -0.3 is 15.0 Å². The van der Waals surface area contributed by atoms with Crippen molar-refractivity contribution in [2.24, 2.45) is 0 Å². The first-order chi connectivity index (χ1) is 8.85. The number of thiophene rings is 1. The summed E-state index contributed by atoms with van der Waals surface area (Å²) in [6, 6.07) is 4.32. The minimum absolute atomic E-state index is 0.192. The molecule has 6 heteroatoms. The van der Waals surface area contributed by atoms with E-state index in [9.17, 15) is 4.79 Å². The Kier molecular flexibility index (Phi) is 4.53. The summed E-state index contributed by atoms with van der Waals surface area (Å²) in [5.74, 6) is 0. The van der Waals surface area contributed by atoms with E-state index in [0.717, 1.165) is 10.3 Å². The number of hydrogen-bond donors (Lipinski definition) is 1. The molecule has 2 rings (SSSR count). The van der Waals surface area contributed by atoms with E-state index >= 15 is 0 Å². The summed E-state index contributed by atoms with van der Waals surface area (Å²) in [6.45, 7) is 7.81. The lowest BCUT2D eigenvalue weighted by Gasteiger charge is -2.34. The van der Waals surface area contributed by atoms with E-state index in [4.69, 9.17) is 4.74 Å². The van der Waals surface area contributed by atoms with Crippen LogP contribution in [0, 0.1) is 0 Å². The van der Waals surface area contributed by atoms with Gasteiger partial charge >= 0.3 is 6.09 Å². The van der Waals surface area contributed by atoms with Gasteiger partial charge in [-0.1, -0.05) is 0 Å². The van der Waals surface area contributed by atoms with Crippen LogP contribution in [0.5, 0.6) is 0 Å². The van der Waals surface area contributed by atoms with Crippen molar-refractivity contribution in [3.05, 3.63) is 20.8 Å². The number of carbonyl (C=O) groups is 1. The molecular formula is C13H19BrN2O2S. The molecule has 0 saturated carbocycles. The van der Waals surface area contributed by atoms with Crippen LogP contribution >= 0.6 is 27.3 Å². The summed E-state index contributed by atoms with van der Waals surface area (Å²) in [5, 5.41) is 3.44. The molecule has 0 spiro atoms. The quantitative estimate of drug-likeness (QED) is 0.847. The fourth-order valence-electron chi connectivity index (χ4n) is 1.95. The summed E-state index contributed by atoms with van der Waals surface area (Å²) < 4.78 is 6.53. The average molecular weight is 347 g/mol. The van der Waals surface area contributed by atoms with Crippen molar-refractivity contribution >= 4 is 33.4 Å². The number of carbonyl (C=O) groups excluding carboxylic acids is 1. The highest BCUT2D eigenvalue weighted by atomic mass is 79.9. The normalized spacial score (nSPS) is 20.4. The number of amides is 1. The lowest BCUT2D eigenvalue weighted by Crippen LogP contribution is -2.49. The predicted octanol–water partition coefficient (Wildman–Crippen LogP) is 3.39. The highest BCUT2D eigenvalue weighted by Gasteiger charge is 2.28. The number of ether oxygens (including phenoxy) is 1. The fourth-order valence-corrected chi connectivity index (χ4v) is 3.44. The molecule has 0 aromatic carbocycles. The molecule has 1 N–H and O–H groups in total. The second-order valence-electron chi connectivity index (χ2n) is 5.57. The summed E-state index contributed by atoms with van der Waals surface area (Å²) in [4.78, 5) is 15.1. The maximum atomic E-state index is 12.1. The van der Waals surface area contributed by atoms with Crippen LogP contribution in [0.1, 0.15) is 31.7 Å². The van der Waals surface area contributed by atoms with E-state index in [-0.39, 0.29) is 12.1 Å². The number of piperazine rings is 1. The third kappa shape index (κ3) is 4.19. The van der Waals surface area contributed by atoms with Crippen LogP contribution in [0.4, 0.5) is 4.79 Å². The Hall–Kier alpha value is -0.590. The highest BCUT2D eigenvalue weighted by molar-refractivity contribution is 9.11. The molecule has 4 nitrogen and oxygen atoms in total. The molecule has 1 amide bonds. The van der Waals surface area contributed by atoms with Crippen LogP contribution in [0.15, 0.2) is 15.9 Å². The molecule has 1 saturated heterocycles. The Morgan fingerprint density at radius 1 is 1.53 bits per heavy atom. The first kappa shape index (κ1) is 14.8. The molecule has 1 fully saturated rings. The van der Waals surface area contributed by atoms with Crippen molar-refractivity contribution in [2.75, 3.05) is 19.6 Å². The molecular weight excluding hydrogens is 328 g/mol. The number of nitrogens with one attached hydrogen (secondary N) is 1. The van der Waals surface area contributed by atoms with Crippen molar-refractivity contribution in [3.63, 3.8) is 0 Å². The van der Waals surface area contributed by atoms with Crippen LogP contribution in [-0.2, 0) is 4.74 Å². The molecule has 0 aliphatic carbocycles. The largest absolute Gasteiger partial charge is 0.444 e. The maximum absolute atomic E-state index is 12.1. The smallest absolute Gasteiger partial charge is 0.410 e. The Balaban J connectivity index is 1.99. The zero-order valence-corrected chi connectivity index (χ0v) is 13.8. The van der Waals surface area contributed by atoms with Crippen LogP contribution in [0.25, 0.3) is 0 Å². The monoisotopic (exact) mass is 346 g/mol. The lowest BCUT2D eigenvalue weighted by molar-refractivity contribution is 0.0196. The molecule has 1 unspecified atom stereocenters. The number of rotatable bonds is 1. The minimum Gasteiger partial charge on any atom is -0.444 e. The van der Waals surface area contributed by atoms with Crippen molar-refractivity contribution < 1.29 is 9.53 Å². The zero-order valence-electron chi connectivity index (χ0n) is 11.4. The predicted molar refractivity (Wildman–Crippen MR) is 80.6 cm³/mol. The van der Waals surface area contributed by atoms with E-state index in [1.165, 1.54) is 4.88 Å². The van der Waals surface area contributed by atoms with Gasteiger partial charge in [0, 0.05) is 24.5 Å². The lowest BCUT2D eigenvalue weighted by atomic mass is 10.2. The summed E-state index contributed by atoms with van der Waals surface area (Å²) in [7, 11) is 0. The summed E-state index contributed by atoms with van der Waals surface area (Å²) in [5.41, 5.74) is -0.441. The van der Waals surface area contributed by atoms with E-state index in [0.29, 0.717) is 13.1 Å².